The van der Waals surface area contributed by atoms with Crippen molar-refractivity contribution in [2.75, 3.05) is 6.61 Å². The second kappa shape index (κ2) is 8.11. The van der Waals surface area contributed by atoms with Gasteiger partial charge < -0.3 is 15.7 Å². The number of aliphatic hydroxyl groups excluding tert-OH is 1. The van der Waals surface area contributed by atoms with Crippen LogP contribution in [0.1, 0.15) is 25.3 Å². The normalized spacial score (nSPS) is 11.9. The van der Waals surface area contributed by atoms with Gasteiger partial charge in [0.1, 0.15) is 0 Å². The van der Waals surface area contributed by atoms with Gasteiger partial charge in [0.15, 0.2) is 0 Å². The molecule has 0 saturated carbocycles. The molecule has 0 heterocycles. The minimum Gasteiger partial charge on any atom is -0.396 e. The summed E-state index contributed by atoms with van der Waals surface area (Å²) in [5.41, 5.74) is 1.04. The van der Waals surface area contributed by atoms with Crippen LogP contribution in [0, 0.1) is 0 Å². The molecule has 0 aromatic heterocycles. The fraction of sp³-hybridized carbons (Fsp3) is 0.462. The van der Waals surface area contributed by atoms with E-state index in [-0.39, 0.29) is 18.7 Å². The van der Waals surface area contributed by atoms with Gasteiger partial charge in [-0.15, -0.1) is 0 Å². The molecule has 0 radical (unpaired) electrons. The lowest BCUT2D eigenvalue weighted by atomic mass is 10.1. The number of hydrogen-bond donors (Lipinski definition) is 3. The maximum atomic E-state index is 11.6. The Morgan fingerprint density at radius 1 is 1.50 bits per heavy atom. The number of amides is 2. The van der Waals surface area contributed by atoms with E-state index in [0.29, 0.717) is 13.0 Å². The molecule has 1 unspecified atom stereocenters. The lowest BCUT2D eigenvalue weighted by Gasteiger charge is -2.16. The second-order valence-corrected chi connectivity index (χ2v) is 4.99. The number of carbonyl (C=O) groups is 1. The molecule has 0 aliphatic rings. The van der Waals surface area contributed by atoms with Gasteiger partial charge in [-0.05, 0) is 30.5 Å². The molecular formula is C13H19BrN2O2. The molecule has 100 valence electrons. The van der Waals surface area contributed by atoms with E-state index in [4.69, 9.17) is 5.11 Å². The number of nitrogens with one attached hydrogen (secondary N) is 2. The maximum absolute atomic E-state index is 11.6. The van der Waals surface area contributed by atoms with Crippen LogP contribution in [0.15, 0.2) is 28.7 Å². The summed E-state index contributed by atoms with van der Waals surface area (Å²) < 4.78 is 0.994. The van der Waals surface area contributed by atoms with E-state index in [9.17, 15) is 4.79 Å². The Morgan fingerprint density at radius 2 is 2.28 bits per heavy atom. The summed E-state index contributed by atoms with van der Waals surface area (Å²) >= 11 is 3.39. The number of hydrogen-bond acceptors (Lipinski definition) is 2. The van der Waals surface area contributed by atoms with Crippen molar-refractivity contribution >= 4 is 22.0 Å². The number of aliphatic hydroxyl groups is 1. The number of halogens is 1. The minimum absolute atomic E-state index is 0.0255. The van der Waals surface area contributed by atoms with Crippen LogP contribution in [0.3, 0.4) is 0 Å². The predicted octanol–water partition coefficient (Wildman–Crippen LogP) is 2.41. The summed E-state index contributed by atoms with van der Waals surface area (Å²) in [6.45, 7) is 2.56. The molecule has 0 aliphatic carbocycles. The van der Waals surface area contributed by atoms with Gasteiger partial charge in [-0.3, -0.25) is 0 Å². The fourth-order valence-electron chi connectivity index (χ4n) is 1.60. The van der Waals surface area contributed by atoms with Gasteiger partial charge in [0.05, 0.1) is 0 Å². The Labute approximate surface area is 116 Å². The first-order valence-corrected chi connectivity index (χ1v) is 6.84. The largest absolute Gasteiger partial charge is 0.396 e. The van der Waals surface area contributed by atoms with Gasteiger partial charge in [0.2, 0.25) is 0 Å². The Bertz CT molecular complexity index is 385. The van der Waals surface area contributed by atoms with Gasteiger partial charge >= 0.3 is 6.03 Å². The molecule has 1 aromatic rings. The summed E-state index contributed by atoms with van der Waals surface area (Å²) in [6, 6.07) is 7.62. The molecule has 4 nitrogen and oxygen atoms in total. The smallest absolute Gasteiger partial charge is 0.315 e. The van der Waals surface area contributed by atoms with Crippen LogP contribution >= 0.6 is 15.9 Å². The first-order chi connectivity index (χ1) is 8.65. The van der Waals surface area contributed by atoms with E-state index in [1.165, 1.54) is 0 Å². The van der Waals surface area contributed by atoms with Gasteiger partial charge in [-0.2, -0.15) is 0 Å². The first-order valence-electron chi connectivity index (χ1n) is 6.05. The van der Waals surface area contributed by atoms with Gasteiger partial charge in [-0.25, -0.2) is 4.79 Å². The summed E-state index contributed by atoms with van der Waals surface area (Å²) in [6.07, 6.45) is 1.39. The molecule has 3 N–H and O–H groups in total. The summed E-state index contributed by atoms with van der Waals surface area (Å²) in [7, 11) is 0. The fourth-order valence-corrected chi connectivity index (χ4v) is 2.05. The molecule has 1 aromatic carbocycles. The van der Waals surface area contributed by atoms with Crippen molar-refractivity contribution in [2.24, 2.45) is 0 Å². The van der Waals surface area contributed by atoms with Crippen LogP contribution in [0.25, 0.3) is 0 Å². The van der Waals surface area contributed by atoms with Crippen molar-refractivity contribution in [2.45, 2.75) is 32.4 Å². The average molecular weight is 315 g/mol. The van der Waals surface area contributed by atoms with Gasteiger partial charge in [0, 0.05) is 23.7 Å². The van der Waals surface area contributed by atoms with Crippen molar-refractivity contribution in [3.63, 3.8) is 0 Å². The van der Waals surface area contributed by atoms with Crippen molar-refractivity contribution in [3.8, 4) is 0 Å². The molecule has 1 atom stereocenters. The zero-order valence-electron chi connectivity index (χ0n) is 10.4. The Hall–Kier alpha value is -1.07. The van der Waals surface area contributed by atoms with Crippen LogP contribution < -0.4 is 10.6 Å². The number of rotatable bonds is 6. The monoisotopic (exact) mass is 314 g/mol. The summed E-state index contributed by atoms with van der Waals surface area (Å²) in [4.78, 5) is 11.6. The van der Waals surface area contributed by atoms with E-state index in [1.807, 2.05) is 31.2 Å². The molecule has 5 heteroatoms. The van der Waals surface area contributed by atoms with Crippen LogP contribution in [0.2, 0.25) is 0 Å². The molecule has 0 fully saturated rings. The molecule has 1 rings (SSSR count). The van der Waals surface area contributed by atoms with E-state index in [1.54, 1.807) is 0 Å². The van der Waals surface area contributed by atoms with E-state index >= 15 is 0 Å². The Kier molecular flexibility index (Phi) is 6.75. The highest BCUT2D eigenvalue weighted by atomic mass is 79.9. The third kappa shape index (κ3) is 5.51. The zero-order valence-corrected chi connectivity index (χ0v) is 12.0. The number of benzene rings is 1. The molecule has 18 heavy (non-hydrogen) atoms. The van der Waals surface area contributed by atoms with Crippen LogP contribution in [-0.4, -0.2) is 23.8 Å². The molecule has 0 bridgehead atoms. The Balaban J connectivity index is 2.36. The highest BCUT2D eigenvalue weighted by molar-refractivity contribution is 9.10. The van der Waals surface area contributed by atoms with Crippen LogP contribution in [0.4, 0.5) is 4.79 Å². The maximum Gasteiger partial charge on any atom is 0.315 e. The third-order valence-corrected chi connectivity index (χ3v) is 3.14. The number of urea groups is 1. The van der Waals surface area contributed by atoms with E-state index in [0.717, 1.165) is 16.5 Å². The van der Waals surface area contributed by atoms with Crippen molar-refractivity contribution in [1.82, 2.24) is 10.6 Å². The number of carbonyl (C=O) groups excluding carboxylic acids is 1. The Morgan fingerprint density at radius 3 is 2.89 bits per heavy atom. The summed E-state index contributed by atoms with van der Waals surface area (Å²) in [5.74, 6) is 0. The first kappa shape index (κ1) is 15.0. The van der Waals surface area contributed by atoms with Crippen LogP contribution in [-0.2, 0) is 6.54 Å². The lowest BCUT2D eigenvalue weighted by Crippen LogP contribution is -2.41. The second-order valence-electron chi connectivity index (χ2n) is 4.07. The third-order valence-electron chi connectivity index (χ3n) is 2.65. The molecular weight excluding hydrogens is 296 g/mol. The van der Waals surface area contributed by atoms with Crippen molar-refractivity contribution < 1.29 is 9.90 Å². The van der Waals surface area contributed by atoms with Gasteiger partial charge in [-0.1, -0.05) is 35.0 Å². The SMILES string of the molecule is CCC(CCO)NC(=O)NCc1cccc(Br)c1. The predicted molar refractivity (Wildman–Crippen MR) is 75.3 cm³/mol. The van der Waals surface area contributed by atoms with Crippen molar-refractivity contribution in [3.05, 3.63) is 34.3 Å². The van der Waals surface area contributed by atoms with E-state index in [2.05, 4.69) is 26.6 Å². The highest BCUT2D eigenvalue weighted by Crippen LogP contribution is 2.11. The standard InChI is InChI=1S/C13H19BrN2O2/c1-2-12(6-7-17)16-13(18)15-9-10-4-3-5-11(14)8-10/h3-5,8,12,17H,2,6-7,9H2,1H3,(H2,15,16,18). The minimum atomic E-state index is -0.199. The van der Waals surface area contributed by atoms with Gasteiger partial charge in [0.25, 0.3) is 0 Å². The molecule has 0 saturated heterocycles. The topological polar surface area (TPSA) is 61.4 Å². The molecule has 0 spiro atoms. The highest BCUT2D eigenvalue weighted by Gasteiger charge is 2.08. The average Bonchev–Trinajstić information content (AvgIpc) is 2.36. The van der Waals surface area contributed by atoms with Crippen LogP contribution in [0.5, 0.6) is 0 Å². The quantitative estimate of drug-likeness (QED) is 0.755. The lowest BCUT2D eigenvalue weighted by molar-refractivity contribution is 0.227. The van der Waals surface area contributed by atoms with E-state index < -0.39 is 0 Å². The molecule has 0 aliphatic heterocycles. The molecule has 2 amide bonds. The summed E-state index contributed by atoms with van der Waals surface area (Å²) in [5, 5.41) is 14.5. The van der Waals surface area contributed by atoms with Crippen molar-refractivity contribution in [1.29, 1.82) is 0 Å². The zero-order chi connectivity index (χ0) is 13.4.